The lowest BCUT2D eigenvalue weighted by molar-refractivity contribution is 0.559. The van der Waals surface area contributed by atoms with Gasteiger partial charge in [0, 0.05) is 17.3 Å². The van der Waals surface area contributed by atoms with E-state index in [2.05, 4.69) is 10.3 Å². The Morgan fingerprint density at radius 3 is 2.80 bits per heavy atom. The number of halogens is 3. The van der Waals surface area contributed by atoms with Gasteiger partial charge in [0.25, 0.3) is 0 Å². The maximum Gasteiger partial charge on any atom is 0.146 e. The predicted octanol–water partition coefficient (Wildman–Crippen LogP) is 3.81. The molecule has 6 heteroatoms. The van der Waals surface area contributed by atoms with Gasteiger partial charge in [-0.1, -0.05) is 42.3 Å². The number of hydrogen-bond acceptors (Lipinski definition) is 3. The number of nitrogen functional groups attached to an aromatic ring is 1. The van der Waals surface area contributed by atoms with Crippen molar-refractivity contribution in [1.82, 2.24) is 10.3 Å². The van der Waals surface area contributed by atoms with E-state index in [1.54, 1.807) is 18.2 Å². The average Bonchev–Trinajstić information content (AvgIpc) is 2.43. The maximum atomic E-state index is 14.2. The first kappa shape index (κ1) is 15.0. The van der Waals surface area contributed by atoms with E-state index in [4.69, 9.17) is 28.9 Å². The van der Waals surface area contributed by atoms with Gasteiger partial charge in [0.1, 0.15) is 11.6 Å². The molecule has 2 rings (SSSR count). The molecule has 0 spiro atoms. The van der Waals surface area contributed by atoms with Gasteiger partial charge in [-0.05, 0) is 18.7 Å². The molecule has 1 heterocycles. The Morgan fingerprint density at radius 2 is 2.10 bits per heavy atom. The molecule has 3 nitrogen and oxygen atoms in total. The Kier molecular flexibility index (Phi) is 4.81. The summed E-state index contributed by atoms with van der Waals surface area (Å²) in [6.45, 7) is 2.55. The van der Waals surface area contributed by atoms with Crippen molar-refractivity contribution in [3.8, 4) is 0 Å². The first-order chi connectivity index (χ1) is 9.54. The van der Waals surface area contributed by atoms with Crippen LogP contribution in [-0.4, -0.2) is 11.5 Å². The van der Waals surface area contributed by atoms with Gasteiger partial charge >= 0.3 is 0 Å². The fourth-order valence-electron chi connectivity index (χ4n) is 2.03. The molecule has 1 aromatic heterocycles. The molecular formula is C14H14Cl2FN3. The number of anilines is 1. The summed E-state index contributed by atoms with van der Waals surface area (Å²) < 4.78 is 14.2. The Labute approximate surface area is 126 Å². The minimum atomic E-state index is -0.473. The predicted molar refractivity (Wildman–Crippen MR) is 80.6 cm³/mol. The van der Waals surface area contributed by atoms with Gasteiger partial charge in [-0.3, -0.25) is 0 Å². The summed E-state index contributed by atoms with van der Waals surface area (Å²) in [6, 6.07) is 6.08. The van der Waals surface area contributed by atoms with E-state index in [-0.39, 0.29) is 5.02 Å². The first-order valence-electron chi connectivity index (χ1n) is 6.12. The highest BCUT2D eigenvalue weighted by Gasteiger charge is 2.21. The molecule has 1 atom stereocenters. The topological polar surface area (TPSA) is 50.9 Å². The fraction of sp³-hybridized carbons (Fsp3) is 0.214. The van der Waals surface area contributed by atoms with Crippen molar-refractivity contribution in [1.29, 1.82) is 0 Å². The number of benzene rings is 1. The van der Waals surface area contributed by atoms with E-state index >= 15 is 0 Å². The van der Waals surface area contributed by atoms with Crippen LogP contribution in [0.3, 0.4) is 0 Å². The summed E-state index contributed by atoms with van der Waals surface area (Å²) in [6.07, 6.45) is 1.46. The normalized spacial score (nSPS) is 12.4. The SMILES string of the molecule is CCNC(c1cc(Cl)cnc1N)c1cccc(Cl)c1F. The van der Waals surface area contributed by atoms with Crippen LogP contribution in [0.4, 0.5) is 10.2 Å². The van der Waals surface area contributed by atoms with Crippen LogP contribution in [-0.2, 0) is 0 Å². The standard InChI is InChI=1S/C14H14Cl2FN3/c1-2-19-13(9-4-3-5-11(16)12(9)17)10-6-8(15)7-20-14(10)18/h3-7,13,19H,2H2,1H3,(H2,18,20). The van der Waals surface area contributed by atoms with Crippen molar-refractivity contribution in [2.24, 2.45) is 0 Å². The van der Waals surface area contributed by atoms with Gasteiger partial charge in [-0.25, -0.2) is 9.37 Å². The first-order valence-corrected chi connectivity index (χ1v) is 6.88. The molecule has 1 unspecified atom stereocenters. The lowest BCUT2D eigenvalue weighted by atomic mass is 9.98. The monoisotopic (exact) mass is 313 g/mol. The molecule has 2 aromatic rings. The van der Waals surface area contributed by atoms with Gasteiger partial charge in [-0.2, -0.15) is 0 Å². The van der Waals surface area contributed by atoms with Gasteiger partial charge in [0.15, 0.2) is 0 Å². The third-order valence-corrected chi connectivity index (χ3v) is 3.43. The Bertz CT molecular complexity index is 617. The Hall–Kier alpha value is -1.36. The molecule has 0 aliphatic carbocycles. The number of hydrogen-bond donors (Lipinski definition) is 2. The second kappa shape index (κ2) is 6.39. The van der Waals surface area contributed by atoms with Crippen molar-refractivity contribution < 1.29 is 4.39 Å². The minimum absolute atomic E-state index is 0.0685. The van der Waals surface area contributed by atoms with Crippen LogP contribution in [0.1, 0.15) is 24.1 Å². The summed E-state index contributed by atoms with van der Waals surface area (Å²) in [4.78, 5) is 4.01. The fourth-order valence-corrected chi connectivity index (χ4v) is 2.38. The summed E-state index contributed by atoms with van der Waals surface area (Å²) >= 11 is 11.8. The average molecular weight is 314 g/mol. The third-order valence-electron chi connectivity index (χ3n) is 2.93. The Morgan fingerprint density at radius 1 is 1.35 bits per heavy atom. The van der Waals surface area contributed by atoms with E-state index in [1.807, 2.05) is 6.92 Å². The highest BCUT2D eigenvalue weighted by molar-refractivity contribution is 6.31. The molecule has 0 bridgehead atoms. The number of nitrogens with two attached hydrogens (primary N) is 1. The summed E-state index contributed by atoms with van der Waals surface area (Å²) in [5, 5.41) is 3.69. The van der Waals surface area contributed by atoms with Crippen LogP contribution < -0.4 is 11.1 Å². The van der Waals surface area contributed by atoms with Gasteiger partial charge in [0.2, 0.25) is 0 Å². The summed E-state index contributed by atoms with van der Waals surface area (Å²) in [7, 11) is 0. The smallest absolute Gasteiger partial charge is 0.146 e. The maximum absolute atomic E-state index is 14.2. The van der Waals surface area contributed by atoms with E-state index < -0.39 is 11.9 Å². The van der Waals surface area contributed by atoms with E-state index in [0.717, 1.165) is 0 Å². The van der Waals surface area contributed by atoms with Crippen molar-refractivity contribution in [2.45, 2.75) is 13.0 Å². The van der Waals surface area contributed by atoms with Crippen LogP contribution in [0.15, 0.2) is 30.5 Å². The second-order valence-electron chi connectivity index (χ2n) is 4.26. The molecule has 1 aromatic carbocycles. The van der Waals surface area contributed by atoms with Crippen LogP contribution in [0.25, 0.3) is 0 Å². The lowest BCUT2D eigenvalue weighted by Crippen LogP contribution is -2.24. The number of rotatable bonds is 4. The quantitative estimate of drug-likeness (QED) is 0.902. The zero-order valence-electron chi connectivity index (χ0n) is 10.8. The molecule has 0 aliphatic rings. The van der Waals surface area contributed by atoms with E-state index in [0.29, 0.717) is 28.5 Å². The zero-order valence-corrected chi connectivity index (χ0v) is 12.3. The summed E-state index contributed by atoms with van der Waals surface area (Å²) in [5.41, 5.74) is 6.92. The van der Waals surface area contributed by atoms with E-state index in [9.17, 15) is 4.39 Å². The highest BCUT2D eigenvalue weighted by atomic mass is 35.5. The molecule has 106 valence electrons. The van der Waals surface area contributed by atoms with Crippen molar-refractivity contribution in [3.63, 3.8) is 0 Å². The summed E-state index contributed by atoms with van der Waals surface area (Å²) in [5.74, 6) is -0.167. The van der Waals surface area contributed by atoms with Crippen molar-refractivity contribution in [3.05, 3.63) is 57.5 Å². The van der Waals surface area contributed by atoms with Crippen LogP contribution in [0.2, 0.25) is 10.0 Å². The number of nitrogens with zero attached hydrogens (tertiary/aromatic N) is 1. The van der Waals surface area contributed by atoms with Crippen molar-refractivity contribution in [2.75, 3.05) is 12.3 Å². The van der Waals surface area contributed by atoms with Crippen molar-refractivity contribution >= 4 is 29.0 Å². The largest absolute Gasteiger partial charge is 0.383 e. The van der Waals surface area contributed by atoms with Crippen LogP contribution in [0.5, 0.6) is 0 Å². The molecule has 0 saturated heterocycles. The molecular weight excluding hydrogens is 300 g/mol. The number of pyridine rings is 1. The molecule has 3 N–H and O–H groups in total. The third kappa shape index (κ3) is 3.03. The number of aromatic nitrogens is 1. The molecule has 0 aliphatic heterocycles. The molecule has 0 radical (unpaired) electrons. The molecule has 20 heavy (non-hydrogen) atoms. The van der Waals surface area contributed by atoms with Gasteiger partial charge in [0.05, 0.1) is 16.1 Å². The van der Waals surface area contributed by atoms with Gasteiger partial charge in [-0.15, -0.1) is 0 Å². The number of nitrogens with one attached hydrogen (secondary N) is 1. The molecule has 0 fully saturated rings. The minimum Gasteiger partial charge on any atom is -0.383 e. The van der Waals surface area contributed by atoms with Gasteiger partial charge < -0.3 is 11.1 Å². The zero-order chi connectivity index (χ0) is 14.7. The molecule has 0 saturated carbocycles. The Balaban J connectivity index is 2.56. The van der Waals surface area contributed by atoms with Crippen LogP contribution >= 0.6 is 23.2 Å². The lowest BCUT2D eigenvalue weighted by Gasteiger charge is -2.21. The molecule has 0 amide bonds. The van der Waals surface area contributed by atoms with E-state index in [1.165, 1.54) is 12.3 Å². The second-order valence-corrected chi connectivity index (χ2v) is 5.11. The van der Waals surface area contributed by atoms with Crippen LogP contribution in [0, 0.1) is 5.82 Å². The highest BCUT2D eigenvalue weighted by Crippen LogP contribution is 2.31.